The second kappa shape index (κ2) is 8.93. The minimum absolute atomic E-state index is 0.0361. The Bertz CT molecular complexity index is 1380. The van der Waals surface area contributed by atoms with Crippen LogP contribution in [-0.2, 0) is 6.18 Å². The first-order valence-corrected chi connectivity index (χ1v) is 10.4. The summed E-state index contributed by atoms with van der Waals surface area (Å²) in [6.45, 7) is 2.31. The van der Waals surface area contributed by atoms with Gasteiger partial charge in [-0.05, 0) is 55.5 Å². The fourth-order valence-electron chi connectivity index (χ4n) is 3.73. The number of pyridine rings is 1. The average Bonchev–Trinajstić information content (AvgIpc) is 3.10. The number of halogens is 3. The molecule has 6 nitrogen and oxygen atoms in total. The van der Waals surface area contributed by atoms with E-state index in [1.165, 1.54) is 16.5 Å². The van der Waals surface area contributed by atoms with E-state index >= 15 is 0 Å². The number of nitrogens with one attached hydrogen (secondary N) is 1. The van der Waals surface area contributed by atoms with Crippen molar-refractivity contribution >= 4 is 28.6 Å². The largest absolute Gasteiger partial charge is 0.494 e. The van der Waals surface area contributed by atoms with Gasteiger partial charge in [-0.1, -0.05) is 18.2 Å². The summed E-state index contributed by atoms with van der Waals surface area (Å²) in [5, 5.41) is 2.30. The number of rotatable bonds is 6. The minimum atomic E-state index is -4.66. The van der Waals surface area contributed by atoms with Gasteiger partial charge in [0.25, 0.3) is 5.91 Å². The van der Waals surface area contributed by atoms with Crippen LogP contribution in [0, 0.1) is 0 Å². The van der Waals surface area contributed by atoms with Gasteiger partial charge in [0.15, 0.2) is 0 Å². The van der Waals surface area contributed by atoms with Crippen molar-refractivity contribution < 1.29 is 27.5 Å². The van der Waals surface area contributed by atoms with E-state index in [2.05, 4.69) is 5.32 Å². The number of carbonyl (C=O) groups is 2. The van der Waals surface area contributed by atoms with Gasteiger partial charge in [-0.3, -0.25) is 9.59 Å². The normalized spacial score (nSPS) is 11.4. The molecule has 3 N–H and O–H groups in total. The fraction of sp³-hybridized carbons (Fsp3) is 0.120. The third-order valence-electron chi connectivity index (χ3n) is 5.23. The Morgan fingerprint density at radius 3 is 2.35 bits per heavy atom. The number of hydrogen-bond acceptors (Lipinski definition) is 4. The molecule has 0 fully saturated rings. The van der Waals surface area contributed by atoms with Crippen molar-refractivity contribution in [2.24, 2.45) is 0 Å². The number of hydrogen-bond donors (Lipinski definition) is 2. The van der Waals surface area contributed by atoms with E-state index in [1.54, 1.807) is 48.7 Å². The fourth-order valence-corrected chi connectivity index (χ4v) is 3.73. The van der Waals surface area contributed by atoms with Crippen LogP contribution in [0.5, 0.6) is 5.75 Å². The van der Waals surface area contributed by atoms with Crippen LogP contribution in [0.2, 0.25) is 0 Å². The molecule has 4 aromatic rings. The Kier molecular flexibility index (Phi) is 6.02. The van der Waals surface area contributed by atoms with Gasteiger partial charge in [-0.15, -0.1) is 0 Å². The molecule has 0 saturated carbocycles. The van der Waals surface area contributed by atoms with Gasteiger partial charge in [0.1, 0.15) is 11.4 Å². The first kappa shape index (κ1) is 22.9. The van der Waals surface area contributed by atoms with E-state index in [0.29, 0.717) is 17.9 Å². The van der Waals surface area contributed by atoms with Crippen molar-refractivity contribution in [3.8, 4) is 5.75 Å². The summed E-state index contributed by atoms with van der Waals surface area (Å²) in [7, 11) is 0. The van der Waals surface area contributed by atoms with E-state index < -0.39 is 29.1 Å². The Labute approximate surface area is 192 Å². The molecule has 34 heavy (non-hydrogen) atoms. The van der Waals surface area contributed by atoms with Crippen LogP contribution < -0.4 is 15.8 Å². The predicted molar refractivity (Wildman–Crippen MR) is 122 cm³/mol. The standard InChI is InChI=1S/C25H20F3N3O3/c1-2-34-16-12-10-15(11-13-16)23(32)22-21(29)20(19-9-5-6-14-31(19)22)24(33)30-18-8-4-3-7-17(18)25(26,27)28/h3-14H,2,29H2,1H3,(H,30,33). The predicted octanol–water partition coefficient (Wildman–Crippen LogP) is 5.42. The summed E-state index contributed by atoms with van der Waals surface area (Å²) >= 11 is 0. The SMILES string of the molecule is CCOc1ccc(C(=O)c2c(N)c(C(=O)Nc3ccccc3C(F)(F)F)c3ccccn23)cc1. The number of alkyl halides is 3. The van der Waals surface area contributed by atoms with E-state index in [-0.39, 0.29) is 22.5 Å². The minimum Gasteiger partial charge on any atom is -0.494 e. The number of ketones is 1. The number of nitrogen functional groups attached to an aromatic ring is 1. The average molecular weight is 467 g/mol. The van der Waals surface area contributed by atoms with Gasteiger partial charge in [0.2, 0.25) is 5.78 Å². The quantitative estimate of drug-likeness (QED) is 0.371. The lowest BCUT2D eigenvalue weighted by Crippen LogP contribution is -2.17. The maximum Gasteiger partial charge on any atom is 0.418 e. The molecule has 9 heteroatoms. The highest BCUT2D eigenvalue weighted by atomic mass is 19.4. The first-order valence-electron chi connectivity index (χ1n) is 10.4. The number of nitrogens with two attached hydrogens (primary N) is 1. The summed E-state index contributed by atoms with van der Waals surface area (Å²) in [5.74, 6) is -0.712. The number of carbonyl (C=O) groups excluding carboxylic acids is 2. The molecule has 174 valence electrons. The molecule has 0 atom stereocenters. The van der Waals surface area contributed by atoms with Gasteiger partial charge < -0.3 is 20.2 Å². The molecule has 0 saturated heterocycles. The first-order chi connectivity index (χ1) is 16.2. The molecule has 0 aliphatic rings. The van der Waals surface area contributed by atoms with E-state index in [0.717, 1.165) is 12.1 Å². The summed E-state index contributed by atoms with van der Waals surface area (Å²) < 4.78 is 47.0. The number of ether oxygens (including phenoxy) is 1. The zero-order valence-electron chi connectivity index (χ0n) is 18.0. The van der Waals surface area contributed by atoms with E-state index in [4.69, 9.17) is 10.5 Å². The Morgan fingerprint density at radius 2 is 1.68 bits per heavy atom. The van der Waals surface area contributed by atoms with Crippen LogP contribution in [0.25, 0.3) is 5.52 Å². The van der Waals surface area contributed by atoms with Crippen LogP contribution >= 0.6 is 0 Å². The van der Waals surface area contributed by atoms with Gasteiger partial charge in [-0.2, -0.15) is 13.2 Å². The second-order valence-electron chi connectivity index (χ2n) is 7.38. The van der Waals surface area contributed by atoms with E-state index in [1.807, 2.05) is 6.92 Å². The van der Waals surface area contributed by atoms with Crippen molar-refractivity contribution in [2.45, 2.75) is 13.1 Å². The highest BCUT2D eigenvalue weighted by molar-refractivity contribution is 6.20. The third-order valence-corrected chi connectivity index (χ3v) is 5.23. The Morgan fingerprint density at radius 1 is 1.00 bits per heavy atom. The van der Waals surface area contributed by atoms with Gasteiger partial charge >= 0.3 is 6.18 Å². The second-order valence-corrected chi connectivity index (χ2v) is 7.38. The van der Waals surface area contributed by atoms with Crippen LogP contribution in [-0.4, -0.2) is 22.7 Å². The number of nitrogens with zero attached hydrogens (tertiary/aromatic N) is 1. The number of amides is 1. The number of aromatic nitrogens is 1. The molecule has 0 spiro atoms. The topological polar surface area (TPSA) is 85.8 Å². The molecular formula is C25H20F3N3O3. The van der Waals surface area contributed by atoms with Crippen LogP contribution in [0.1, 0.15) is 38.9 Å². The molecule has 2 heterocycles. The smallest absolute Gasteiger partial charge is 0.418 e. The zero-order chi connectivity index (χ0) is 24.5. The Hall–Kier alpha value is -4.27. The lowest BCUT2D eigenvalue weighted by Gasteiger charge is -2.13. The van der Waals surface area contributed by atoms with Crippen molar-refractivity contribution in [3.05, 3.63) is 95.3 Å². The maximum atomic E-state index is 13.4. The lowest BCUT2D eigenvalue weighted by atomic mass is 10.1. The molecule has 0 unspecified atom stereocenters. The number of benzene rings is 2. The molecule has 0 radical (unpaired) electrons. The Balaban J connectivity index is 1.77. The third kappa shape index (κ3) is 4.19. The van der Waals surface area contributed by atoms with Crippen molar-refractivity contribution in [3.63, 3.8) is 0 Å². The monoisotopic (exact) mass is 467 g/mol. The maximum absolute atomic E-state index is 13.4. The summed E-state index contributed by atoms with van der Waals surface area (Å²) in [5.41, 5.74) is 5.28. The molecule has 0 bridgehead atoms. The molecular weight excluding hydrogens is 447 g/mol. The zero-order valence-corrected chi connectivity index (χ0v) is 18.0. The van der Waals surface area contributed by atoms with Crippen LogP contribution in [0.3, 0.4) is 0 Å². The van der Waals surface area contributed by atoms with Crippen molar-refractivity contribution in [1.82, 2.24) is 4.40 Å². The summed E-state index contributed by atoms with van der Waals surface area (Å²) in [6, 6.07) is 15.9. The molecule has 2 aromatic heterocycles. The molecule has 2 aromatic carbocycles. The van der Waals surface area contributed by atoms with Crippen molar-refractivity contribution in [2.75, 3.05) is 17.7 Å². The molecule has 4 rings (SSSR count). The highest BCUT2D eigenvalue weighted by Crippen LogP contribution is 2.36. The summed E-state index contributed by atoms with van der Waals surface area (Å²) in [6.07, 6.45) is -3.10. The molecule has 1 amide bonds. The lowest BCUT2D eigenvalue weighted by molar-refractivity contribution is -0.136. The van der Waals surface area contributed by atoms with Crippen molar-refractivity contribution in [1.29, 1.82) is 0 Å². The summed E-state index contributed by atoms with van der Waals surface area (Å²) in [4.78, 5) is 26.4. The van der Waals surface area contributed by atoms with Gasteiger partial charge in [0.05, 0.1) is 34.6 Å². The van der Waals surface area contributed by atoms with Gasteiger partial charge in [0, 0.05) is 11.8 Å². The van der Waals surface area contributed by atoms with E-state index in [9.17, 15) is 22.8 Å². The number of para-hydroxylation sites is 1. The van der Waals surface area contributed by atoms with Gasteiger partial charge in [-0.25, -0.2) is 0 Å². The molecule has 0 aliphatic heterocycles. The number of anilines is 2. The van der Waals surface area contributed by atoms with Crippen LogP contribution in [0.4, 0.5) is 24.5 Å². The molecule has 0 aliphatic carbocycles. The van der Waals surface area contributed by atoms with Crippen LogP contribution in [0.15, 0.2) is 72.9 Å². The number of fused-ring (bicyclic) bond motifs is 1. The highest BCUT2D eigenvalue weighted by Gasteiger charge is 2.34.